The second-order valence-corrected chi connectivity index (χ2v) is 4.14. The standard InChI is InChI=1S/C8H7BrClNO2/c9-7-6(5(10)1-2-11-7)8(12)3-13-4-8/h1-2,12H,3-4H2. The van der Waals surface area contributed by atoms with E-state index < -0.39 is 5.60 Å². The van der Waals surface area contributed by atoms with Gasteiger partial charge in [0.2, 0.25) is 0 Å². The minimum absolute atomic E-state index is 0.275. The Bertz CT molecular complexity index is 321. The highest BCUT2D eigenvalue weighted by Gasteiger charge is 2.41. The number of aliphatic hydroxyl groups is 1. The number of hydrogen-bond donors (Lipinski definition) is 1. The molecule has 0 unspecified atom stereocenters. The summed E-state index contributed by atoms with van der Waals surface area (Å²) in [6.07, 6.45) is 1.58. The fourth-order valence-corrected chi connectivity index (χ4v) is 2.41. The average molecular weight is 265 g/mol. The molecule has 1 aromatic rings. The highest BCUT2D eigenvalue weighted by Crippen LogP contribution is 2.37. The van der Waals surface area contributed by atoms with E-state index in [1.807, 2.05) is 0 Å². The Balaban J connectivity index is 2.49. The Morgan fingerprint density at radius 1 is 1.62 bits per heavy atom. The van der Waals surface area contributed by atoms with Crippen LogP contribution in [0.2, 0.25) is 5.02 Å². The number of ether oxygens (including phenoxy) is 1. The van der Waals surface area contributed by atoms with Crippen LogP contribution in [0.3, 0.4) is 0 Å². The van der Waals surface area contributed by atoms with Crippen LogP contribution in [0.4, 0.5) is 0 Å². The van der Waals surface area contributed by atoms with E-state index in [-0.39, 0.29) is 13.2 Å². The monoisotopic (exact) mass is 263 g/mol. The van der Waals surface area contributed by atoms with Gasteiger partial charge >= 0.3 is 0 Å². The van der Waals surface area contributed by atoms with Gasteiger partial charge in [0.15, 0.2) is 0 Å². The lowest BCUT2D eigenvalue weighted by molar-refractivity contribution is -0.185. The lowest BCUT2D eigenvalue weighted by Gasteiger charge is -2.37. The molecule has 2 rings (SSSR count). The minimum atomic E-state index is -0.968. The van der Waals surface area contributed by atoms with Crippen LogP contribution in [0.5, 0.6) is 0 Å². The Kier molecular flexibility index (Phi) is 2.32. The van der Waals surface area contributed by atoms with Crippen LogP contribution in [-0.2, 0) is 10.3 Å². The third-order valence-corrected chi connectivity index (χ3v) is 2.92. The number of nitrogens with zero attached hydrogens (tertiary/aromatic N) is 1. The van der Waals surface area contributed by atoms with Crippen molar-refractivity contribution >= 4 is 27.5 Å². The first-order valence-corrected chi connectivity index (χ1v) is 4.91. The van der Waals surface area contributed by atoms with Crippen LogP contribution in [0, 0.1) is 0 Å². The molecule has 1 aromatic heterocycles. The number of rotatable bonds is 1. The highest BCUT2D eigenvalue weighted by atomic mass is 79.9. The molecule has 3 nitrogen and oxygen atoms in total. The molecule has 0 amide bonds. The lowest BCUT2D eigenvalue weighted by Crippen LogP contribution is -2.47. The van der Waals surface area contributed by atoms with Gasteiger partial charge < -0.3 is 9.84 Å². The van der Waals surface area contributed by atoms with E-state index in [2.05, 4.69) is 20.9 Å². The maximum atomic E-state index is 9.96. The quantitative estimate of drug-likeness (QED) is 0.785. The van der Waals surface area contributed by atoms with Crippen LogP contribution >= 0.6 is 27.5 Å². The maximum Gasteiger partial charge on any atom is 0.140 e. The van der Waals surface area contributed by atoms with Gasteiger partial charge in [0.05, 0.1) is 18.2 Å². The molecule has 0 aliphatic carbocycles. The van der Waals surface area contributed by atoms with Crippen LogP contribution in [0.25, 0.3) is 0 Å². The van der Waals surface area contributed by atoms with Gasteiger partial charge in [-0.05, 0) is 22.0 Å². The molecule has 5 heteroatoms. The minimum Gasteiger partial charge on any atom is -0.380 e. The van der Waals surface area contributed by atoms with Crippen molar-refractivity contribution in [3.05, 3.63) is 27.5 Å². The molecule has 0 saturated carbocycles. The third-order valence-electron chi connectivity index (χ3n) is 2.00. The summed E-state index contributed by atoms with van der Waals surface area (Å²) in [7, 11) is 0. The molecule has 0 bridgehead atoms. The van der Waals surface area contributed by atoms with Gasteiger partial charge in [0, 0.05) is 11.8 Å². The summed E-state index contributed by atoms with van der Waals surface area (Å²) < 4.78 is 5.52. The van der Waals surface area contributed by atoms with E-state index in [9.17, 15) is 5.11 Å². The van der Waals surface area contributed by atoms with Crippen molar-refractivity contribution in [1.82, 2.24) is 4.98 Å². The van der Waals surface area contributed by atoms with Crippen molar-refractivity contribution in [2.24, 2.45) is 0 Å². The predicted octanol–water partition coefficient (Wildman–Crippen LogP) is 1.72. The SMILES string of the molecule is OC1(c2c(Cl)ccnc2Br)COC1. The van der Waals surface area contributed by atoms with E-state index in [0.717, 1.165) is 0 Å². The van der Waals surface area contributed by atoms with Crippen molar-refractivity contribution in [2.75, 3.05) is 13.2 Å². The summed E-state index contributed by atoms with van der Waals surface area (Å²) in [4.78, 5) is 4.00. The molecule has 1 saturated heterocycles. The first-order valence-electron chi connectivity index (χ1n) is 3.74. The topological polar surface area (TPSA) is 42.4 Å². The summed E-state index contributed by atoms with van der Waals surface area (Å²) >= 11 is 9.19. The molecular weight excluding hydrogens is 257 g/mol. The Morgan fingerprint density at radius 3 is 2.77 bits per heavy atom. The average Bonchev–Trinajstić information content (AvgIpc) is 2.01. The molecule has 1 fully saturated rings. The zero-order valence-electron chi connectivity index (χ0n) is 6.63. The maximum absolute atomic E-state index is 9.96. The van der Waals surface area contributed by atoms with Gasteiger partial charge in [-0.15, -0.1) is 0 Å². The molecule has 0 atom stereocenters. The van der Waals surface area contributed by atoms with Gasteiger partial charge in [-0.25, -0.2) is 4.98 Å². The van der Waals surface area contributed by atoms with E-state index in [4.69, 9.17) is 16.3 Å². The molecule has 1 aliphatic rings. The number of aromatic nitrogens is 1. The van der Waals surface area contributed by atoms with Gasteiger partial charge in [-0.1, -0.05) is 11.6 Å². The summed E-state index contributed by atoms with van der Waals surface area (Å²) in [5, 5.41) is 10.5. The molecule has 0 aromatic carbocycles. The molecule has 13 heavy (non-hydrogen) atoms. The fraction of sp³-hybridized carbons (Fsp3) is 0.375. The molecule has 1 N–H and O–H groups in total. The van der Waals surface area contributed by atoms with E-state index in [1.165, 1.54) is 0 Å². The smallest absolute Gasteiger partial charge is 0.140 e. The second-order valence-electron chi connectivity index (χ2n) is 2.98. The third kappa shape index (κ3) is 1.48. The zero-order valence-corrected chi connectivity index (χ0v) is 8.97. The lowest BCUT2D eigenvalue weighted by atomic mass is 9.94. The van der Waals surface area contributed by atoms with Gasteiger partial charge in [-0.3, -0.25) is 0 Å². The Morgan fingerprint density at radius 2 is 2.31 bits per heavy atom. The van der Waals surface area contributed by atoms with Crippen LogP contribution in [0.15, 0.2) is 16.9 Å². The normalized spacial score (nSPS) is 19.6. The molecular formula is C8H7BrClNO2. The van der Waals surface area contributed by atoms with E-state index in [1.54, 1.807) is 12.3 Å². The van der Waals surface area contributed by atoms with Crippen molar-refractivity contribution in [3.8, 4) is 0 Å². The second kappa shape index (κ2) is 3.20. The molecule has 2 heterocycles. The van der Waals surface area contributed by atoms with Crippen molar-refractivity contribution in [2.45, 2.75) is 5.60 Å². The number of hydrogen-bond acceptors (Lipinski definition) is 3. The number of halogens is 2. The Hall–Kier alpha value is -0.160. The van der Waals surface area contributed by atoms with Crippen molar-refractivity contribution in [3.63, 3.8) is 0 Å². The first-order chi connectivity index (χ1) is 6.13. The molecule has 1 aliphatic heterocycles. The predicted molar refractivity (Wildman–Crippen MR) is 51.7 cm³/mol. The largest absolute Gasteiger partial charge is 0.380 e. The zero-order chi connectivity index (χ0) is 9.47. The van der Waals surface area contributed by atoms with Crippen LogP contribution in [0.1, 0.15) is 5.56 Å². The van der Waals surface area contributed by atoms with E-state index in [0.29, 0.717) is 15.2 Å². The van der Waals surface area contributed by atoms with Gasteiger partial charge in [0.1, 0.15) is 10.2 Å². The van der Waals surface area contributed by atoms with Gasteiger partial charge in [0.25, 0.3) is 0 Å². The first kappa shape index (κ1) is 9.40. The molecule has 0 radical (unpaired) electrons. The van der Waals surface area contributed by atoms with E-state index >= 15 is 0 Å². The van der Waals surface area contributed by atoms with Crippen LogP contribution in [-0.4, -0.2) is 23.3 Å². The molecule has 70 valence electrons. The van der Waals surface area contributed by atoms with Crippen LogP contribution < -0.4 is 0 Å². The Labute approximate surface area is 88.8 Å². The van der Waals surface area contributed by atoms with Crippen molar-refractivity contribution in [1.29, 1.82) is 0 Å². The molecule has 0 spiro atoms. The summed E-state index contributed by atoms with van der Waals surface area (Å²) in [5.74, 6) is 0. The highest BCUT2D eigenvalue weighted by molar-refractivity contribution is 9.10. The summed E-state index contributed by atoms with van der Waals surface area (Å²) in [6.45, 7) is 0.550. The summed E-state index contributed by atoms with van der Waals surface area (Å²) in [5.41, 5.74) is -0.354. The van der Waals surface area contributed by atoms with Gasteiger partial charge in [-0.2, -0.15) is 0 Å². The van der Waals surface area contributed by atoms with Crippen molar-refractivity contribution < 1.29 is 9.84 Å². The summed E-state index contributed by atoms with van der Waals surface area (Å²) in [6, 6.07) is 1.65. The fourth-order valence-electron chi connectivity index (χ4n) is 1.27. The number of pyridine rings is 1.